The SMILES string of the molecule is Cc1ccc(C2(C(=O)Nc3ccc(-c4n[nH]c(CN)n4)cc3)CCOCC2)cc1. The van der Waals surface area contributed by atoms with E-state index in [0.29, 0.717) is 44.2 Å². The van der Waals surface area contributed by atoms with Crippen molar-refractivity contribution in [3.63, 3.8) is 0 Å². The van der Waals surface area contributed by atoms with Crippen LogP contribution < -0.4 is 11.1 Å². The van der Waals surface area contributed by atoms with Crippen LogP contribution in [0.4, 0.5) is 5.69 Å². The van der Waals surface area contributed by atoms with Gasteiger partial charge in [-0.1, -0.05) is 29.8 Å². The molecule has 0 saturated carbocycles. The predicted octanol–water partition coefficient (Wildman–Crippen LogP) is 2.93. The third-order valence-electron chi connectivity index (χ3n) is 5.51. The van der Waals surface area contributed by atoms with E-state index in [0.717, 1.165) is 16.8 Å². The van der Waals surface area contributed by atoms with Gasteiger partial charge in [0.2, 0.25) is 5.91 Å². The maximum Gasteiger partial charge on any atom is 0.235 e. The number of aromatic nitrogens is 3. The maximum absolute atomic E-state index is 13.4. The number of nitrogens with one attached hydrogen (secondary N) is 2. The van der Waals surface area contributed by atoms with E-state index in [-0.39, 0.29) is 5.91 Å². The van der Waals surface area contributed by atoms with Crippen molar-refractivity contribution in [1.29, 1.82) is 0 Å². The Kier molecular flexibility index (Phi) is 5.42. The normalized spacial score (nSPS) is 15.8. The molecule has 29 heavy (non-hydrogen) atoms. The fourth-order valence-corrected chi connectivity index (χ4v) is 3.71. The van der Waals surface area contributed by atoms with Crippen LogP contribution in [0.25, 0.3) is 11.4 Å². The van der Waals surface area contributed by atoms with Crippen molar-refractivity contribution < 1.29 is 9.53 Å². The van der Waals surface area contributed by atoms with Gasteiger partial charge in [-0.3, -0.25) is 9.89 Å². The Morgan fingerprint density at radius 1 is 1.14 bits per heavy atom. The number of nitrogens with zero attached hydrogens (tertiary/aromatic N) is 2. The molecular formula is C22H25N5O2. The van der Waals surface area contributed by atoms with Gasteiger partial charge in [-0.05, 0) is 49.6 Å². The molecular weight excluding hydrogens is 366 g/mol. The molecule has 0 spiro atoms. The molecule has 0 radical (unpaired) electrons. The molecule has 1 aliphatic heterocycles. The lowest BCUT2D eigenvalue weighted by Crippen LogP contribution is -2.44. The van der Waals surface area contributed by atoms with Crippen molar-refractivity contribution in [2.45, 2.75) is 31.7 Å². The third kappa shape index (κ3) is 3.92. The molecule has 3 aromatic rings. The van der Waals surface area contributed by atoms with E-state index in [1.165, 1.54) is 5.56 Å². The van der Waals surface area contributed by atoms with Gasteiger partial charge in [0.1, 0.15) is 5.82 Å². The van der Waals surface area contributed by atoms with E-state index in [9.17, 15) is 4.79 Å². The van der Waals surface area contributed by atoms with E-state index in [1.54, 1.807) is 0 Å². The number of aryl methyl sites for hydroxylation is 1. The molecule has 150 valence electrons. The number of H-pyrrole nitrogens is 1. The minimum Gasteiger partial charge on any atom is -0.381 e. The summed E-state index contributed by atoms with van der Waals surface area (Å²) in [6.07, 6.45) is 1.33. The van der Waals surface area contributed by atoms with Gasteiger partial charge in [0.05, 0.1) is 12.0 Å². The van der Waals surface area contributed by atoms with Gasteiger partial charge in [-0.2, -0.15) is 5.10 Å². The highest BCUT2D eigenvalue weighted by Crippen LogP contribution is 2.36. The summed E-state index contributed by atoms with van der Waals surface area (Å²) in [5.41, 5.74) is 8.81. The number of benzene rings is 2. The molecule has 1 fully saturated rings. The third-order valence-corrected chi connectivity index (χ3v) is 5.51. The van der Waals surface area contributed by atoms with Crippen molar-refractivity contribution in [3.8, 4) is 11.4 Å². The van der Waals surface area contributed by atoms with Gasteiger partial charge in [0, 0.05) is 24.5 Å². The number of nitrogens with two attached hydrogens (primary N) is 1. The molecule has 1 aliphatic rings. The summed E-state index contributed by atoms with van der Waals surface area (Å²) in [4.78, 5) is 17.7. The Morgan fingerprint density at radius 2 is 1.83 bits per heavy atom. The quantitative estimate of drug-likeness (QED) is 0.620. The van der Waals surface area contributed by atoms with Crippen LogP contribution in [-0.2, 0) is 21.5 Å². The standard InChI is InChI=1S/C22H25N5O2/c1-15-2-6-17(7-3-15)22(10-12-29-13-11-22)21(28)24-18-8-4-16(5-9-18)20-25-19(14-23)26-27-20/h2-9H,10-14,23H2,1H3,(H,24,28)(H,25,26,27). The molecule has 1 saturated heterocycles. The number of amides is 1. The van der Waals surface area contributed by atoms with Crippen LogP contribution in [0, 0.1) is 6.92 Å². The molecule has 7 nitrogen and oxygen atoms in total. The van der Waals surface area contributed by atoms with Crippen molar-refractivity contribution >= 4 is 11.6 Å². The number of carbonyl (C=O) groups is 1. The summed E-state index contributed by atoms with van der Waals surface area (Å²) in [6.45, 7) is 3.52. The number of hydrogen-bond acceptors (Lipinski definition) is 5. The molecule has 1 aromatic heterocycles. The van der Waals surface area contributed by atoms with Gasteiger partial charge in [0.15, 0.2) is 5.82 Å². The monoisotopic (exact) mass is 391 g/mol. The Hall–Kier alpha value is -3.03. The summed E-state index contributed by atoms with van der Waals surface area (Å²) in [7, 11) is 0. The zero-order valence-electron chi connectivity index (χ0n) is 16.4. The summed E-state index contributed by atoms with van der Waals surface area (Å²) >= 11 is 0. The summed E-state index contributed by atoms with van der Waals surface area (Å²) in [5.74, 6) is 1.22. The van der Waals surface area contributed by atoms with Gasteiger partial charge in [-0.25, -0.2) is 4.98 Å². The lowest BCUT2D eigenvalue weighted by molar-refractivity contribution is -0.125. The summed E-state index contributed by atoms with van der Waals surface area (Å²) in [5, 5.41) is 10.1. The number of anilines is 1. The molecule has 4 N–H and O–H groups in total. The molecule has 0 aliphatic carbocycles. The molecule has 7 heteroatoms. The lowest BCUT2D eigenvalue weighted by Gasteiger charge is -2.36. The first-order valence-corrected chi connectivity index (χ1v) is 9.79. The van der Waals surface area contributed by atoms with Crippen LogP contribution in [0.3, 0.4) is 0 Å². The molecule has 2 heterocycles. The molecule has 0 atom stereocenters. The number of carbonyl (C=O) groups excluding carboxylic acids is 1. The van der Waals surface area contributed by atoms with Gasteiger partial charge in [-0.15, -0.1) is 0 Å². The van der Waals surface area contributed by atoms with Crippen molar-refractivity contribution in [2.75, 3.05) is 18.5 Å². The maximum atomic E-state index is 13.4. The van der Waals surface area contributed by atoms with Gasteiger partial charge < -0.3 is 15.8 Å². The summed E-state index contributed by atoms with van der Waals surface area (Å²) in [6, 6.07) is 15.7. The molecule has 0 unspecified atom stereocenters. The molecule has 1 amide bonds. The second-order valence-corrected chi connectivity index (χ2v) is 7.40. The molecule has 4 rings (SSSR count). The topological polar surface area (TPSA) is 106 Å². The lowest BCUT2D eigenvalue weighted by atomic mass is 9.73. The van der Waals surface area contributed by atoms with Crippen LogP contribution in [0.2, 0.25) is 0 Å². The fourth-order valence-electron chi connectivity index (χ4n) is 3.71. The summed E-state index contributed by atoms with van der Waals surface area (Å²) < 4.78 is 5.54. The number of rotatable bonds is 5. The van der Waals surface area contributed by atoms with Crippen LogP contribution in [0.1, 0.15) is 29.8 Å². The highest BCUT2D eigenvalue weighted by atomic mass is 16.5. The highest BCUT2D eigenvalue weighted by molar-refractivity contribution is 5.99. The smallest absolute Gasteiger partial charge is 0.235 e. The largest absolute Gasteiger partial charge is 0.381 e. The average molecular weight is 391 g/mol. The Morgan fingerprint density at radius 3 is 2.45 bits per heavy atom. The zero-order valence-corrected chi connectivity index (χ0v) is 16.4. The first-order chi connectivity index (χ1) is 14.1. The molecule has 2 aromatic carbocycles. The Bertz CT molecular complexity index is 973. The van der Waals surface area contributed by atoms with Crippen molar-refractivity contribution in [1.82, 2.24) is 15.2 Å². The van der Waals surface area contributed by atoms with E-state index < -0.39 is 5.41 Å². The first kappa shape index (κ1) is 19.3. The zero-order chi connectivity index (χ0) is 20.3. The van der Waals surface area contributed by atoms with Gasteiger partial charge in [0.25, 0.3) is 0 Å². The Balaban J connectivity index is 1.55. The van der Waals surface area contributed by atoms with E-state index in [1.807, 2.05) is 31.2 Å². The average Bonchev–Trinajstić information content (AvgIpc) is 3.24. The Labute approximate surface area is 169 Å². The van der Waals surface area contributed by atoms with E-state index >= 15 is 0 Å². The van der Waals surface area contributed by atoms with Crippen LogP contribution in [-0.4, -0.2) is 34.3 Å². The second kappa shape index (κ2) is 8.14. The minimum atomic E-state index is -0.579. The highest BCUT2D eigenvalue weighted by Gasteiger charge is 2.41. The van der Waals surface area contributed by atoms with Crippen molar-refractivity contribution in [3.05, 3.63) is 65.5 Å². The fraction of sp³-hybridized carbons (Fsp3) is 0.318. The van der Waals surface area contributed by atoms with Crippen LogP contribution in [0.5, 0.6) is 0 Å². The predicted molar refractivity (Wildman–Crippen MR) is 111 cm³/mol. The van der Waals surface area contributed by atoms with Crippen LogP contribution >= 0.6 is 0 Å². The number of ether oxygens (including phenoxy) is 1. The number of hydrogen-bond donors (Lipinski definition) is 3. The van der Waals surface area contributed by atoms with Crippen LogP contribution in [0.15, 0.2) is 48.5 Å². The minimum absolute atomic E-state index is 0.000663. The van der Waals surface area contributed by atoms with Crippen molar-refractivity contribution in [2.24, 2.45) is 5.73 Å². The van der Waals surface area contributed by atoms with E-state index in [2.05, 4.69) is 44.8 Å². The number of aromatic amines is 1. The van der Waals surface area contributed by atoms with Gasteiger partial charge >= 0.3 is 0 Å². The van der Waals surface area contributed by atoms with E-state index in [4.69, 9.17) is 10.5 Å². The second-order valence-electron chi connectivity index (χ2n) is 7.40. The first-order valence-electron chi connectivity index (χ1n) is 9.79. The molecule has 0 bridgehead atoms.